The fourth-order valence-electron chi connectivity index (χ4n) is 1.71. The molecule has 0 unspecified atom stereocenters. The van der Waals surface area contributed by atoms with Crippen LogP contribution in [0.2, 0.25) is 0 Å². The minimum atomic E-state index is -0.271. The van der Waals surface area contributed by atoms with Gasteiger partial charge in [0.25, 0.3) is 0 Å². The number of halogens is 1. The van der Waals surface area contributed by atoms with Crippen LogP contribution in [-0.2, 0) is 7.05 Å². The average molecular weight is 216 g/mol. The highest BCUT2D eigenvalue weighted by Gasteiger charge is 2.08. The lowest BCUT2D eigenvalue weighted by Crippen LogP contribution is -1.94. The number of H-pyrrole nitrogens is 1. The predicted molar refractivity (Wildman–Crippen MR) is 58.3 cm³/mol. The molecule has 16 heavy (non-hydrogen) atoms. The zero-order valence-electron chi connectivity index (χ0n) is 8.61. The van der Waals surface area contributed by atoms with E-state index in [4.69, 9.17) is 0 Å². The smallest absolute Gasteiger partial charge is 0.156 e. The van der Waals surface area contributed by atoms with E-state index >= 15 is 0 Å². The van der Waals surface area contributed by atoms with E-state index in [-0.39, 0.29) is 5.82 Å². The van der Waals surface area contributed by atoms with Gasteiger partial charge in [-0.25, -0.2) is 9.37 Å². The van der Waals surface area contributed by atoms with Gasteiger partial charge in [-0.05, 0) is 24.3 Å². The molecule has 80 valence electrons. The van der Waals surface area contributed by atoms with Crippen molar-refractivity contribution in [1.29, 1.82) is 0 Å². The van der Waals surface area contributed by atoms with Crippen molar-refractivity contribution in [3.05, 3.63) is 36.3 Å². The number of aryl methyl sites for hydroxylation is 1. The number of nitrogens with one attached hydrogen (secondary N) is 1. The molecular formula is C11H9FN4. The molecule has 4 nitrogen and oxygen atoms in total. The maximum Gasteiger partial charge on any atom is 0.156 e. The number of rotatable bonds is 1. The Bertz CT molecular complexity index is 653. The fraction of sp³-hybridized carbons (Fsp3) is 0.0909. The van der Waals surface area contributed by atoms with Crippen LogP contribution in [0.15, 0.2) is 30.5 Å². The maximum absolute atomic E-state index is 13.0. The molecule has 0 saturated heterocycles. The van der Waals surface area contributed by atoms with Gasteiger partial charge in [-0.2, -0.15) is 5.10 Å². The largest absolute Gasteiger partial charge is 0.337 e. The van der Waals surface area contributed by atoms with Gasteiger partial charge in [0.1, 0.15) is 11.5 Å². The molecule has 3 aromatic rings. The van der Waals surface area contributed by atoms with Gasteiger partial charge in [-0.15, -0.1) is 0 Å². The lowest BCUT2D eigenvalue weighted by Gasteiger charge is -1.95. The maximum atomic E-state index is 13.0. The molecule has 3 rings (SSSR count). The monoisotopic (exact) mass is 216 g/mol. The summed E-state index contributed by atoms with van der Waals surface area (Å²) in [6, 6.07) is 6.34. The number of aromatic nitrogens is 4. The third kappa shape index (κ3) is 1.29. The summed E-state index contributed by atoms with van der Waals surface area (Å²) in [5, 5.41) is 4.06. The molecule has 0 aliphatic heterocycles. The molecular weight excluding hydrogens is 207 g/mol. The summed E-state index contributed by atoms with van der Waals surface area (Å²) in [6.07, 6.45) is 1.70. The van der Waals surface area contributed by atoms with E-state index in [1.807, 2.05) is 13.1 Å². The summed E-state index contributed by atoms with van der Waals surface area (Å²) in [5.74, 6) is 0.424. The standard InChI is InChI=1S/C11H9FN4/c1-16-10(4-5-13-16)11-14-8-3-2-7(12)6-9(8)15-11/h2-6H,1H3,(H,14,15). The van der Waals surface area contributed by atoms with Gasteiger partial charge in [-0.1, -0.05) is 0 Å². The Hall–Kier alpha value is -2.17. The van der Waals surface area contributed by atoms with Crippen molar-refractivity contribution >= 4 is 11.0 Å². The van der Waals surface area contributed by atoms with Gasteiger partial charge in [0.2, 0.25) is 0 Å². The van der Waals surface area contributed by atoms with Crippen molar-refractivity contribution in [3.8, 4) is 11.5 Å². The molecule has 2 aromatic heterocycles. The Morgan fingerprint density at radius 1 is 1.31 bits per heavy atom. The Balaban J connectivity index is 2.23. The van der Waals surface area contributed by atoms with Crippen LogP contribution >= 0.6 is 0 Å². The summed E-state index contributed by atoms with van der Waals surface area (Å²) in [7, 11) is 1.84. The first-order valence-electron chi connectivity index (χ1n) is 4.88. The van der Waals surface area contributed by atoms with E-state index in [0.717, 1.165) is 11.2 Å². The van der Waals surface area contributed by atoms with E-state index in [1.54, 1.807) is 16.9 Å². The summed E-state index contributed by atoms with van der Waals surface area (Å²) >= 11 is 0. The van der Waals surface area contributed by atoms with Gasteiger partial charge < -0.3 is 4.98 Å². The van der Waals surface area contributed by atoms with Gasteiger partial charge >= 0.3 is 0 Å². The number of benzene rings is 1. The SMILES string of the molecule is Cn1nccc1-c1nc2ccc(F)cc2[nH]1. The first-order valence-corrected chi connectivity index (χ1v) is 4.88. The zero-order valence-corrected chi connectivity index (χ0v) is 8.61. The second-order valence-electron chi connectivity index (χ2n) is 3.59. The summed E-state index contributed by atoms with van der Waals surface area (Å²) < 4.78 is 14.7. The van der Waals surface area contributed by atoms with Crippen LogP contribution in [0.4, 0.5) is 4.39 Å². The minimum Gasteiger partial charge on any atom is -0.337 e. The van der Waals surface area contributed by atoms with Gasteiger partial charge in [0.15, 0.2) is 5.82 Å². The molecule has 0 aliphatic rings. The Labute approximate surface area is 90.7 Å². The zero-order chi connectivity index (χ0) is 11.1. The summed E-state index contributed by atoms with van der Waals surface area (Å²) in [5.41, 5.74) is 2.31. The van der Waals surface area contributed by atoms with Crippen molar-refractivity contribution in [2.24, 2.45) is 7.05 Å². The lowest BCUT2D eigenvalue weighted by molar-refractivity contribution is 0.629. The van der Waals surface area contributed by atoms with Gasteiger partial charge in [0.05, 0.1) is 11.0 Å². The highest BCUT2D eigenvalue weighted by Crippen LogP contribution is 2.19. The minimum absolute atomic E-state index is 0.271. The molecule has 0 atom stereocenters. The predicted octanol–water partition coefficient (Wildman–Crippen LogP) is 2.10. The van der Waals surface area contributed by atoms with Gasteiger partial charge in [-0.3, -0.25) is 4.68 Å². The summed E-state index contributed by atoms with van der Waals surface area (Å²) in [4.78, 5) is 7.44. The topological polar surface area (TPSA) is 46.5 Å². The van der Waals surface area contributed by atoms with Gasteiger partial charge in [0, 0.05) is 13.2 Å². The third-order valence-electron chi connectivity index (χ3n) is 2.51. The van der Waals surface area contributed by atoms with Crippen LogP contribution in [-0.4, -0.2) is 19.7 Å². The first-order chi connectivity index (χ1) is 7.74. The van der Waals surface area contributed by atoms with E-state index < -0.39 is 0 Å². The van der Waals surface area contributed by atoms with Crippen molar-refractivity contribution in [1.82, 2.24) is 19.7 Å². The van der Waals surface area contributed by atoms with Crippen LogP contribution in [0.25, 0.3) is 22.6 Å². The molecule has 2 heterocycles. The summed E-state index contributed by atoms with van der Waals surface area (Å²) in [6.45, 7) is 0. The molecule has 0 amide bonds. The fourth-order valence-corrected chi connectivity index (χ4v) is 1.71. The van der Waals surface area contributed by atoms with E-state index in [0.29, 0.717) is 11.3 Å². The Kier molecular flexibility index (Phi) is 1.80. The molecule has 0 aliphatic carbocycles. The number of fused-ring (bicyclic) bond motifs is 1. The molecule has 1 aromatic carbocycles. The van der Waals surface area contributed by atoms with Crippen molar-refractivity contribution in [2.75, 3.05) is 0 Å². The third-order valence-corrected chi connectivity index (χ3v) is 2.51. The van der Waals surface area contributed by atoms with Crippen molar-refractivity contribution in [2.45, 2.75) is 0 Å². The van der Waals surface area contributed by atoms with Crippen molar-refractivity contribution < 1.29 is 4.39 Å². The molecule has 0 radical (unpaired) electrons. The van der Waals surface area contributed by atoms with E-state index in [9.17, 15) is 4.39 Å². The van der Waals surface area contributed by atoms with Crippen LogP contribution in [0.5, 0.6) is 0 Å². The van der Waals surface area contributed by atoms with E-state index in [1.165, 1.54) is 12.1 Å². The number of hydrogen-bond donors (Lipinski definition) is 1. The Morgan fingerprint density at radius 3 is 2.94 bits per heavy atom. The second kappa shape index (κ2) is 3.16. The van der Waals surface area contributed by atoms with Crippen LogP contribution < -0.4 is 0 Å². The molecule has 5 heteroatoms. The number of hydrogen-bond acceptors (Lipinski definition) is 2. The molecule has 0 bridgehead atoms. The van der Waals surface area contributed by atoms with Crippen LogP contribution in [0.1, 0.15) is 0 Å². The highest BCUT2D eigenvalue weighted by atomic mass is 19.1. The van der Waals surface area contributed by atoms with E-state index in [2.05, 4.69) is 15.1 Å². The van der Waals surface area contributed by atoms with Crippen LogP contribution in [0, 0.1) is 5.82 Å². The number of aromatic amines is 1. The molecule has 0 spiro atoms. The molecule has 1 N–H and O–H groups in total. The number of nitrogens with zero attached hydrogens (tertiary/aromatic N) is 3. The normalized spacial score (nSPS) is 11.1. The molecule has 0 saturated carbocycles. The first kappa shape index (κ1) is 9.08. The van der Waals surface area contributed by atoms with Crippen LogP contribution in [0.3, 0.4) is 0 Å². The average Bonchev–Trinajstić information content (AvgIpc) is 2.82. The molecule has 0 fully saturated rings. The highest BCUT2D eigenvalue weighted by molar-refractivity contribution is 5.78. The Morgan fingerprint density at radius 2 is 2.19 bits per heavy atom. The van der Waals surface area contributed by atoms with Crippen molar-refractivity contribution in [3.63, 3.8) is 0 Å². The quantitative estimate of drug-likeness (QED) is 0.677. The number of imidazole rings is 1. The lowest BCUT2D eigenvalue weighted by atomic mass is 10.3. The second-order valence-corrected chi connectivity index (χ2v) is 3.59.